The normalized spacial score (nSPS) is 12.9. The third kappa shape index (κ3) is 3.33. The number of hydrogen-bond donors (Lipinski definition) is 0. The van der Waals surface area contributed by atoms with E-state index < -0.39 is 0 Å². The summed E-state index contributed by atoms with van der Waals surface area (Å²) in [6.45, 7) is 8.80. The van der Waals surface area contributed by atoms with Crippen molar-refractivity contribution in [2.24, 2.45) is 0 Å². The van der Waals surface area contributed by atoms with Gasteiger partial charge in [-0.1, -0.05) is 25.4 Å². The lowest BCUT2D eigenvalue weighted by Gasteiger charge is -2.27. The molecular formula is C13H22ClN3O. The quantitative estimate of drug-likeness (QED) is 0.772. The molecule has 102 valence electrons. The zero-order valence-corrected chi connectivity index (χ0v) is 12.7. The van der Waals surface area contributed by atoms with Crippen LogP contribution in [0.5, 0.6) is 0 Å². The van der Waals surface area contributed by atoms with Crippen molar-refractivity contribution < 1.29 is 4.74 Å². The minimum Gasteiger partial charge on any atom is -0.383 e. The Kier molecular flexibility index (Phi) is 5.35. The van der Waals surface area contributed by atoms with Crippen LogP contribution in [0.2, 0.25) is 5.15 Å². The second kappa shape index (κ2) is 6.34. The summed E-state index contributed by atoms with van der Waals surface area (Å²) in [6, 6.07) is 0.236. The number of rotatable bonds is 5. The van der Waals surface area contributed by atoms with Gasteiger partial charge in [0.25, 0.3) is 0 Å². The first kappa shape index (κ1) is 15.2. The second-order valence-electron chi connectivity index (χ2n) is 4.89. The summed E-state index contributed by atoms with van der Waals surface area (Å²) >= 11 is 6.18. The van der Waals surface area contributed by atoms with Crippen LogP contribution in [0.4, 0.5) is 5.82 Å². The van der Waals surface area contributed by atoms with Crippen LogP contribution in [0.1, 0.15) is 38.1 Å². The molecule has 0 saturated carbocycles. The fraction of sp³-hybridized carbons (Fsp3) is 0.692. The van der Waals surface area contributed by atoms with E-state index in [4.69, 9.17) is 16.3 Å². The summed E-state index contributed by atoms with van der Waals surface area (Å²) in [7, 11) is 3.70. The van der Waals surface area contributed by atoms with Crippen molar-refractivity contribution in [3.63, 3.8) is 0 Å². The van der Waals surface area contributed by atoms with E-state index in [0.717, 1.165) is 17.2 Å². The molecule has 1 unspecified atom stereocenters. The largest absolute Gasteiger partial charge is 0.383 e. The Labute approximate surface area is 114 Å². The molecule has 0 bridgehead atoms. The predicted molar refractivity (Wildman–Crippen MR) is 75.6 cm³/mol. The summed E-state index contributed by atoms with van der Waals surface area (Å²) < 4.78 is 5.18. The number of hydrogen-bond acceptors (Lipinski definition) is 4. The zero-order chi connectivity index (χ0) is 13.9. The highest BCUT2D eigenvalue weighted by molar-refractivity contribution is 6.30. The first-order valence-electron chi connectivity index (χ1n) is 6.14. The van der Waals surface area contributed by atoms with Crippen LogP contribution in [0, 0.1) is 6.92 Å². The van der Waals surface area contributed by atoms with Crippen molar-refractivity contribution >= 4 is 17.4 Å². The van der Waals surface area contributed by atoms with Crippen LogP contribution in [-0.2, 0) is 4.74 Å². The van der Waals surface area contributed by atoms with Gasteiger partial charge in [-0.15, -0.1) is 0 Å². The van der Waals surface area contributed by atoms with Crippen molar-refractivity contribution in [1.29, 1.82) is 0 Å². The third-order valence-electron chi connectivity index (χ3n) is 3.00. The minimum atomic E-state index is 0.236. The average molecular weight is 272 g/mol. The van der Waals surface area contributed by atoms with E-state index in [-0.39, 0.29) is 12.0 Å². The fourth-order valence-electron chi connectivity index (χ4n) is 1.66. The first-order valence-corrected chi connectivity index (χ1v) is 6.52. The van der Waals surface area contributed by atoms with Crippen molar-refractivity contribution in [1.82, 2.24) is 9.97 Å². The van der Waals surface area contributed by atoms with Gasteiger partial charge in [-0.25, -0.2) is 9.97 Å². The number of anilines is 1. The lowest BCUT2D eigenvalue weighted by Crippen LogP contribution is -2.34. The molecule has 0 fully saturated rings. The number of methoxy groups -OCH3 is 1. The molecule has 0 aliphatic heterocycles. The second-order valence-corrected chi connectivity index (χ2v) is 5.25. The molecule has 1 heterocycles. The van der Waals surface area contributed by atoms with Gasteiger partial charge < -0.3 is 9.64 Å². The summed E-state index contributed by atoms with van der Waals surface area (Å²) in [5.74, 6) is 1.91. The summed E-state index contributed by atoms with van der Waals surface area (Å²) in [5.41, 5.74) is 0.909. The molecule has 0 radical (unpaired) electrons. The van der Waals surface area contributed by atoms with Gasteiger partial charge in [0.1, 0.15) is 16.8 Å². The highest BCUT2D eigenvalue weighted by Gasteiger charge is 2.18. The van der Waals surface area contributed by atoms with Crippen molar-refractivity contribution in [2.45, 2.75) is 39.7 Å². The Hall–Kier alpha value is -0.870. The van der Waals surface area contributed by atoms with Crippen LogP contribution in [0.15, 0.2) is 0 Å². The maximum atomic E-state index is 6.18. The van der Waals surface area contributed by atoms with Gasteiger partial charge in [-0.05, 0) is 13.8 Å². The molecule has 4 nitrogen and oxygen atoms in total. The number of nitrogens with zero attached hydrogens (tertiary/aromatic N) is 3. The Morgan fingerprint density at radius 1 is 1.28 bits per heavy atom. The molecule has 5 heteroatoms. The van der Waals surface area contributed by atoms with Gasteiger partial charge in [0, 0.05) is 25.6 Å². The molecule has 18 heavy (non-hydrogen) atoms. The van der Waals surface area contributed by atoms with Gasteiger partial charge in [-0.2, -0.15) is 0 Å². The highest BCUT2D eigenvalue weighted by atomic mass is 35.5. The molecule has 0 aliphatic rings. The maximum absolute atomic E-state index is 6.18. The molecule has 0 saturated heterocycles. The molecule has 1 aromatic heterocycles. The van der Waals surface area contributed by atoms with Crippen molar-refractivity contribution in [2.75, 3.05) is 25.7 Å². The van der Waals surface area contributed by atoms with E-state index in [1.165, 1.54) is 0 Å². The predicted octanol–water partition coefficient (Wildman–Crippen LogP) is 3.03. The third-order valence-corrected chi connectivity index (χ3v) is 3.37. The summed E-state index contributed by atoms with van der Waals surface area (Å²) in [5, 5.41) is 0.528. The monoisotopic (exact) mass is 271 g/mol. The lowest BCUT2D eigenvalue weighted by molar-refractivity contribution is 0.183. The summed E-state index contributed by atoms with van der Waals surface area (Å²) in [4.78, 5) is 11.0. The molecular weight excluding hydrogens is 250 g/mol. The number of likely N-dealkylation sites (N-methyl/N-ethyl adjacent to an activating group) is 1. The van der Waals surface area contributed by atoms with Gasteiger partial charge >= 0.3 is 0 Å². The molecule has 0 spiro atoms. The Morgan fingerprint density at radius 2 is 1.89 bits per heavy atom. The first-order chi connectivity index (χ1) is 8.38. The van der Waals surface area contributed by atoms with Crippen LogP contribution in [0.3, 0.4) is 0 Å². The maximum Gasteiger partial charge on any atom is 0.137 e. The van der Waals surface area contributed by atoms with Crippen molar-refractivity contribution in [3.8, 4) is 0 Å². The topological polar surface area (TPSA) is 38.2 Å². The molecule has 0 amide bonds. The summed E-state index contributed by atoms with van der Waals surface area (Å²) in [6.07, 6.45) is 0. The van der Waals surface area contributed by atoms with E-state index in [2.05, 4.69) is 35.6 Å². The fourth-order valence-corrected chi connectivity index (χ4v) is 1.83. The molecule has 0 aromatic carbocycles. The van der Waals surface area contributed by atoms with E-state index in [9.17, 15) is 0 Å². The van der Waals surface area contributed by atoms with Crippen LogP contribution < -0.4 is 4.90 Å². The van der Waals surface area contributed by atoms with Gasteiger partial charge in [0.2, 0.25) is 0 Å². The average Bonchev–Trinajstić information content (AvgIpc) is 2.31. The van der Waals surface area contributed by atoms with E-state index >= 15 is 0 Å². The lowest BCUT2D eigenvalue weighted by atomic mass is 10.2. The zero-order valence-electron chi connectivity index (χ0n) is 12.0. The van der Waals surface area contributed by atoms with Gasteiger partial charge in [0.15, 0.2) is 0 Å². The number of aromatic nitrogens is 2. The van der Waals surface area contributed by atoms with Gasteiger partial charge in [-0.3, -0.25) is 0 Å². The molecule has 0 aliphatic carbocycles. The molecule has 1 atom stereocenters. The molecule has 1 aromatic rings. The van der Waals surface area contributed by atoms with Crippen LogP contribution in [0.25, 0.3) is 0 Å². The standard InChI is InChI=1S/C13H22ClN3O/c1-8(2)12-15-11(14)10(4)13(16-12)17(5)9(3)7-18-6/h8-9H,7H2,1-6H3. The van der Waals surface area contributed by atoms with E-state index in [1.807, 2.05) is 14.0 Å². The Balaban J connectivity index is 3.14. The number of halogens is 1. The number of ether oxygens (including phenoxy) is 1. The van der Waals surface area contributed by atoms with Crippen molar-refractivity contribution in [3.05, 3.63) is 16.5 Å². The SMILES string of the molecule is COCC(C)N(C)c1nc(C(C)C)nc(Cl)c1C. The smallest absolute Gasteiger partial charge is 0.137 e. The molecule has 1 rings (SSSR count). The highest BCUT2D eigenvalue weighted by Crippen LogP contribution is 2.26. The van der Waals surface area contributed by atoms with Crippen LogP contribution >= 0.6 is 11.6 Å². The van der Waals surface area contributed by atoms with Gasteiger partial charge in [0.05, 0.1) is 12.6 Å². The minimum absolute atomic E-state index is 0.236. The molecule has 0 N–H and O–H groups in total. The van der Waals surface area contributed by atoms with Crippen LogP contribution in [-0.4, -0.2) is 36.8 Å². The van der Waals surface area contributed by atoms with E-state index in [1.54, 1.807) is 7.11 Å². The Bertz CT molecular complexity index is 409. The van der Waals surface area contributed by atoms with E-state index in [0.29, 0.717) is 11.8 Å². The Morgan fingerprint density at radius 3 is 2.39 bits per heavy atom.